The van der Waals surface area contributed by atoms with Gasteiger partial charge in [-0.3, -0.25) is 4.79 Å². The van der Waals surface area contributed by atoms with E-state index in [0.29, 0.717) is 13.2 Å². The molecule has 108 valence electrons. The molecule has 1 atom stereocenters. The van der Waals surface area contributed by atoms with Gasteiger partial charge in [-0.2, -0.15) is 0 Å². The normalized spacial score (nSPS) is 21.3. The highest BCUT2D eigenvalue weighted by atomic mass is 16.5. The zero-order chi connectivity index (χ0) is 14.1. The molecule has 0 spiro atoms. The Morgan fingerprint density at radius 1 is 1.42 bits per heavy atom. The molecule has 3 nitrogen and oxygen atoms in total. The number of ether oxygens (including phenoxy) is 2. The topological polar surface area (TPSA) is 35.5 Å². The van der Waals surface area contributed by atoms with E-state index in [4.69, 9.17) is 9.47 Å². The van der Waals surface area contributed by atoms with Gasteiger partial charge in [-0.1, -0.05) is 38.7 Å². The summed E-state index contributed by atoms with van der Waals surface area (Å²) in [6, 6.07) is 0. The van der Waals surface area contributed by atoms with Gasteiger partial charge in [-0.15, -0.1) is 6.58 Å². The number of esters is 1. The minimum Gasteiger partial charge on any atom is -0.431 e. The SMILES string of the molecule is C=CC1COC/C1=C(/CCCCCCC)OC(C)=O. The van der Waals surface area contributed by atoms with Gasteiger partial charge in [0.25, 0.3) is 0 Å². The Bertz CT molecular complexity index is 331. The van der Waals surface area contributed by atoms with Gasteiger partial charge < -0.3 is 9.47 Å². The lowest BCUT2D eigenvalue weighted by molar-refractivity contribution is -0.137. The number of unbranched alkanes of at least 4 members (excludes halogenated alkanes) is 4. The Labute approximate surface area is 116 Å². The summed E-state index contributed by atoms with van der Waals surface area (Å²) < 4.78 is 10.8. The summed E-state index contributed by atoms with van der Waals surface area (Å²) in [5.41, 5.74) is 1.10. The van der Waals surface area contributed by atoms with Gasteiger partial charge >= 0.3 is 5.97 Å². The molecule has 0 aromatic carbocycles. The van der Waals surface area contributed by atoms with Crippen molar-refractivity contribution in [2.24, 2.45) is 5.92 Å². The van der Waals surface area contributed by atoms with Gasteiger partial charge in [0.05, 0.1) is 13.2 Å². The highest BCUT2D eigenvalue weighted by Gasteiger charge is 2.24. The second-order valence-electron chi connectivity index (χ2n) is 5.06. The molecule has 1 heterocycles. The molecule has 0 radical (unpaired) electrons. The number of hydrogen-bond acceptors (Lipinski definition) is 3. The smallest absolute Gasteiger partial charge is 0.307 e. The molecule has 0 aromatic heterocycles. The van der Waals surface area contributed by atoms with Gasteiger partial charge in [-0.25, -0.2) is 0 Å². The van der Waals surface area contributed by atoms with E-state index < -0.39 is 0 Å². The van der Waals surface area contributed by atoms with Crippen molar-refractivity contribution in [1.82, 2.24) is 0 Å². The number of allylic oxidation sites excluding steroid dienone is 1. The van der Waals surface area contributed by atoms with E-state index in [9.17, 15) is 4.79 Å². The van der Waals surface area contributed by atoms with Crippen LogP contribution in [0, 0.1) is 5.92 Å². The molecule has 3 heteroatoms. The molecular weight excluding hydrogens is 240 g/mol. The van der Waals surface area contributed by atoms with Crippen LogP contribution in [0.3, 0.4) is 0 Å². The zero-order valence-corrected chi connectivity index (χ0v) is 12.2. The summed E-state index contributed by atoms with van der Waals surface area (Å²) in [5.74, 6) is 0.766. The molecule has 1 rings (SSSR count). The second-order valence-corrected chi connectivity index (χ2v) is 5.06. The largest absolute Gasteiger partial charge is 0.431 e. The van der Waals surface area contributed by atoms with Crippen molar-refractivity contribution in [2.45, 2.75) is 52.4 Å². The van der Waals surface area contributed by atoms with E-state index in [0.717, 1.165) is 24.2 Å². The van der Waals surface area contributed by atoms with Gasteiger partial charge in [0.15, 0.2) is 0 Å². The lowest BCUT2D eigenvalue weighted by atomic mass is 9.99. The lowest BCUT2D eigenvalue weighted by Crippen LogP contribution is -2.07. The molecule has 1 aliphatic heterocycles. The summed E-state index contributed by atoms with van der Waals surface area (Å²) in [5, 5.41) is 0. The maximum absolute atomic E-state index is 11.2. The third-order valence-electron chi connectivity index (χ3n) is 3.42. The van der Waals surface area contributed by atoms with Gasteiger partial charge in [-0.05, 0) is 6.42 Å². The van der Waals surface area contributed by atoms with Crippen LogP contribution in [0.5, 0.6) is 0 Å². The first-order valence-electron chi connectivity index (χ1n) is 7.29. The van der Waals surface area contributed by atoms with Crippen LogP contribution in [0.2, 0.25) is 0 Å². The average Bonchev–Trinajstić information content (AvgIpc) is 2.84. The highest BCUT2D eigenvalue weighted by Crippen LogP contribution is 2.27. The average molecular weight is 266 g/mol. The summed E-state index contributed by atoms with van der Waals surface area (Å²) in [7, 11) is 0. The molecule has 1 saturated heterocycles. The van der Waals surface area contributed by atoms with Crippen molar-refractivity contribution in [3.8, 4) is 0 Å². The van der Waals surface area contributed by atoms with Crippen LogP contribution in [-0.2, 0) is 14.3 Å². The Kier molecular flexibility index (Phi) is 7.49. The molecule has 1 unspecified atom stereocenters. The van der Waals surface area contributed by atoms with E-state index >= 15 is 0 Å². The van der Waals surface area contributed by atoms with E-state index in [1.54, 1.807) is 0 Å². The minimum absolute atomic E-state index is 0.199. The standard InChI is InChI=1S/C16H26O3/c1-4-6-7-8-9-10-16(19-13(3)17)15-12-18-11-14(15)5-2/h5,14H,2,4,6-12H2,1,3H3/b16-15+. The van der Waals surface area contributed by atoms with Crippen molar-refractivity contribution in [2.75, 3.05) is 13.2 Å². The number of rotatable bonds is 8. The van der Waals surface area contributed by atoms with Crippen LogP contribution < -0.4 is 0 Å². The molecule has 1 fully saturated rings. The number of hydrogen-bond donors (Lipinski definition) is 0. The van der Waals surface area contributed by atoms with Gasteiger partial charge in [0.2, 0.25) is 0 Å². The second kappa shape index (κ2) is 8.92. The summed E-state index contributed by atoms with van der Waals surface area (Å²) in [6.45, 7) is 8.70. The fraction of sp³-hybridized carbons (Fsp3) is 0.688. The van der Waals surface area contributed by atoms with E-state index in [2.05, 4.69) is 13.5 Å². The zero-order valence-electron chi connectivity index (χ0n) is 12.2. The summed E-state index contributed by atoms with van der Waals surface area (Å²) in [6.07, 6.45) is 8.72. The van der Waals surface area contributed by atoms with Crippen molar-refractivity contribution in [1.29, 1.82) is 0 Å². The maximum atomic E-state index is 11.2. The quantitative estimate of drug-likeness (QED) is 0.288. The van der Waals surface area contributed by atoms with E-state index in [-0.39, 0.29) is 11.9 Å². The van der Waals surface area contributed by atoms with Crippen molar-refractivity contribution in [3.63, 3.8) is 0 Å². The number of carbonyl (C=O) groups excluding carboxylic acids is 1. The summed E-state index contributed by atoms with van der Waals surface area (Å²) in [4.78, 5) is 11.2. The highest BCUT2D eigenvalue weighted by molar-refractivity contribution is 5.67. The van der Waals surface area contributed by atoms with Crippen LogP contribution in [0.25, 0.3) is 0 Å². The molecule has 19 heavy (non-hydrogen) atoms. The van der Waals surface area contributed by atoms with E-state index in [1.807, 2.05) is 6.08 Å². The molecular formula is C16H26O3. The van der Waals surface area contributed by atoms with Crippen molar-refractivity contribution in [3.05, 3.63) is 24.0 Å². The third kappa shape index (κ3) is 5.60. The number of carbonyl (C=O) groups is 1. The minimum atomic E-state index is -0.245. The third-order valence-corrected chi connectivity index (χ3v) is 3.42. The predicted molar refractivity (Wildman–Crippen MR) is 76.7 cm³/mol. The monoisotopic (exact) mass is 266 g/mol. The molecule has 0 aliphatic carbocycles. The van der Waals surface area contributed by atoms with Crippen LogP contribution in [0.1, 0.15) is 52.4 Å². The molecule has 0 N–H and O–H groups in total. The molecule has 0 saturated carbocycles. The van der Waals surface area contributed by atoms with Crippen LogP contribution in [0.4, 0.5) is 0 Å². The Morgan fingerprint density at radius 2 is 2.16 bits per heavy atom. The van der Waals surface area contributed by atoms with Gasteiger partial charge in [0, 0.05) is 24.8 Å². The lowest BCUT2D eigenvalue weighted by Gasteiger charge is -2.13. The molecule has 1 aliphatic rings. The van der Waals surface area contributed by atoms with Crippen LogP contribution in [-0.4, -0.2) is 19.2 Å². The maximum Gasteiger partial charge on any atom is 0.307 e. The van der Waals surface area contributed by atoms with E-state index in [1.165, 1.54) is 32.6 Å². The Balaban J connectivity index is 2.58. The van der Waals surface area contributed by atoms with Crippen molar-refractivity contribution < 1.29 is 14.3 Å². The fourth-order valence-electron chi connectivity index (χ4n) is 2.34. The first-order chi connectivity index (χ1) is 9.19. The molecule has 0 amide bonds. The Morgan fingerprint density at radius 3 is 2.79 bits per heavy atom. The van der Waals surface area contributed by atoms with Crippen LogP contribution in [0.15, 0.2) is 24.0 Å². The first kappa shape index (κ1) is 16.0. The fourth-order valence-corrected chi connectivity index (χ4v) is 2.34. The first-order valence-corrected chi connectivity index (χ1v) is 7.29. The predicted octanol–water partition coefficient (Wildman–Crippen LogP) is 4.00. The van der Waals surface area contributed by atoms with Gasteiger partial charge in [0.1, 0.15) is 5.76 Å². The Hall–Kier alpha value is -1.09. The molecule has 0 aromatic rings. The van der Waals surface area contributed by atoms with Crippen LogP contribution >= 0.6 is 0 Å². The summed E-state index contributed by atoms with van der Waals surface area (Å²) >= 11 is 0. The molecule has 0 bridgehead atoms. The van der Waals surface area contributed by atoms with Crippen molar-refractivity contribution >= 4 is 5.97 Å².